The van der Waals surface area contributed by atoms with E-state index in [1.807, 2.05) is 0 Å². The van der Waals surface area contributed by atoms with Crippen LogP contribution in [0.4, 0.5) is 36.8 Å². The van der Waals surface area contributed by atoms with Gasteiger partial charge < -0.3 is 20.5 Å². The molecule has 2 rings (SSSR count). The van der Waals surface area contributed by atoms with Crippen molar-refractivity contribution in [2.45, 2.75) is 50.9 Å². The van der Waals surface area contributed by atoms with Gasteiger partial charge in [0.2, 0.25) is 5.60 Å². The molecule has 0 aliphatic carbocycles. The van der Waals surface area contributed by atoms with Crippen LogP contribution >= 0.6 is 34.8 Å². The highest BCUT2D eigenvalue weighted by Gasteiger charge is 2.55. The van der Waals surface area contributed by atoms with E-state index in [4.69, 9.17) is 39.5 Å². The fourth-order valence-electron chi connectivity index (χ4n) is 2.98. The molecule has 2 aromatic carbocycles. The predicted molar refractivity (Wildman–Crippen MR) is 124 cm³/mol. The highest BCUT2D eigenvalue weighted by atomic mass is 35.5. The van der Waals surface area contributed by atoms with Crippen molar-refractivity contribution in [3.63, 3.8) is 0 Å². The van der Waals surface area contributed by atoms with Gasteiger partial charge in [0.15, 0.2) is 0 Å². The molecule has 0 unspecified atom stereocenters. The Bertz CT molecular complexity index is 1100. The number of carbonyl (C=O) groups is 1. The lowest BCUT2D eigenvalue weighted by Crippen LogP contribution is -2.47. The Morgan fingerprint density at radius 3 is 2.00 bits per heavy atom. The fraction of sp³-hybridized carbons (Fsp3) is 0.409. The third-order valence-corrected chi connectivity index (χ3v) is 5.91. The Balaban J connectivity index is 2.34. The van der Waals surface area contributed by atoms with Crippen molar-refractivity contribution in [1.29, 1.82) is 0 Å². The summed E-state index contributed by atoms with van der Waals surface area (Å²) in [7, 11) is 0. The van der Waals surface area contributed by atoms with Crippen LogP contribution in [0.15, 0.2) is 30.3 Å². The molecule has 0 aliphatic heterocycles. The van der Waals surface area contributed by atoms with Crippen molar-refractivity contribution in [3.05, 3.63) is 62.1 Å². The lowest BCUT2D eigenvalue weighted by Gasteiger charge is -2.32. The van der Waals surface area contributed by atoms with E-state index >= 15 is 0 Å². The molecule has 0 radical (unpaired) electrons. The number of rotatable bonds is 6. The first kappa shape index (κ1) is 30.1. The summed E-state index contributed by atoms with van der Waals surface area (Å²) in [4.78, 5) is 11.8. The lowest BCUT2D eigenvalue weighted by molar-refractivity contribution is -0.260. The van der Waals surface area contributed by atoms with Crippen molar-refractivity contribution >= 4 is 46.6 Å². The minimum Gasteiger partial charge on any atom is -0.444 e. The maximum Gasteiger partial charge on any atom is 0.423 e. The second kappa shape index (κ2) is 10.7. The van der Waals surface area contributed by atoms with Crippen molar-refractivity contribution in [2.24, 2.45) is 0 Å². The van der Waals surface area contributed by atoms with Gasteiger partial charge in [0.25, 0.3) is 0 Å². The summed E-state index contributed by atoms with van der Waals surface area (Å²) in [6.07, 6.45) is -11.1. The van der Waals surface area contributed by atoms with Gasteiger partial charge in [-0.25, -0.2) is 4.79 Å². The monoisotopic (exact) mass is 580 g/mol. The van der Waals surface area contributed by atoms with E-state index in [2.05, 4.69) is 10.6 Å². The Labute approximate surface area is 217 Å². The molecule has 0 saturated carbocycles. The normalized spacial score (nSPS) is 14.2. The zero-order chi connectivity index (χ0) is 27.7. The summed E-state index contributed by atoms with van der Waals surface area (Å²) >= 11 is 17.3. The molecule has 1 amide bonds. The highest BCUT2D eigenvalue weighted by Crippen LogP contribution is 2.43. The van der Waals surface area contributed by atoms with Gasteiger partial charge in [-0.05, 0) is 56.2 Å². The van der Waals surface area contributed by atoms with Gasteiger partial charge in [-0.2, -0.15) is 26.3 Å². The van der Waals surface area contributed by atoms with Crippen LogP contribution in [0.2, 0.25) is 15.1 Å². The minimum absolute atomic E-state index is 0.232. The molecule has 2 aromatic rings. The quantitative estimate of drug-likeness (QED) is 0.243. The third kappa shape index (κ3) is 7.47. The topological polar surface area (TPSA) is 70.6 Å². The van der Waals surface area contributed by atoms with Gasteiger partial charge in [0.1, 0.15) is 5.60 Å². The molecule has 0 bridgehead atoms. The van der Waals surface area contributed by atoms with Crippen LogP contribution in [-0.2, 0) is 23.1 Å². The van der Waals surface area contributed by atoms with Crippen molar-refractivity contribution in [1.82, 2.24) is 5.32 Å². The first-order chi connectivity index (χ1) is 16.2. The molecule has 0 aromatic heterocycles. The van der Waals surface area contributed by atoms with Gasteiger partial charge in [-0.3, -0.25) is 0 Å². The Hall–Kier alpha value is -2.08. The highest BCUT2D eigenvalue weighted by molar-refractivity contribution is 6.48. The van der Waals surface area contributed by atoms with E-state index in [-0.39, 0.29) is 26.3 Å². The molecule has 200 valence electrons. The smallest absolute Gasteiger partial charge is 0.423 e. The van der Waals surface area contributed by atoms with Gasteiger partial charge in [-0.1, -0.05) is 40.9 Å². The van der Waals surface area contributed by atoms with Crippen LogP contribution in [-0.4, -0.2) is 29.5 Å². The van der Waals surface area contributed by atoms with Crippen LogP contribution in [0.3, 0.4) is 0 Å². The van der Waals surface area contributed by atoms with Gasteiger partial charge in [0.05, 0.1) is 27.2 Å². The molecule has 36 heavy (non-hydrogen) atoms. The van der Waals surface area contributed by atoms with Crippen molar-refractivity contribution in [2.75, 3.05) is 11.9 Å². The van der Waals surface area contributed by atoms with E-state index < -0.39 is 53.9 Å². The van der Waals surface area contributed by atoms with Crippen molar-refractivity contribution < 1.29 is 41.0 Å². The maximum atomic E-state index is 13.8. The number of alkyl carbamates (subject to hydrolysis) is 1. The average Bonchev–Trinajstić information content (AvgIpc) is 2.71. The molecule has 5 nitrogen and oxygen atoms in total. The van der Waals surface area contributed by atoms with Gasteiger partial charge >= 0.3 is 18.4 Å². The predicted octanol–water partition coefficient (Wildman–Crippen LogP) is 7.55. The zero-order valence-electron chi connectivity index (χ0n) is 19.0. The van der Waals surface area contributed by atoms with E-state index in [0.717, 1.165) is 24.3 Å². The van der Waals surface area contributed by atoms with Gasteiger partial charge in [0, 0.05) is 12.2 Å². The second-order valence-electron chi connectivity index (χ2n) is 8.69. The summed E-state index contributed by atoms with van der Waals surface area (Å²) in [5, 5.41) is 13.9. The van der Waals surface area contributed by atoms with Crippen LogP contribution < -0.4 is 10.6 Å². The average molecular weight is 582 g/mol. The number of hydrogen-bond acceptors (Lipinski definition) is 4. The van der Waals surface area contributed by atoms with E-state index in [1.54, 1.807) is 20.8 Å². The summed E-state index contributed by atoms with van der Waals surface area (Å²) in [5.74, 6) is 0. The summed E-state index contributed by atoms with van der Waals surface area (Å²) in [6, 6.07) is 4.13. The number of ether oxygens (including phenoxy) is 1. The fourth-order valence-corrected chi connectivity index (χ4v) is 3.57. The first-order valence-corrected chi connectivity index (χ1v) is 11.2. The molecular formula is C22H21Cl3F6N2O3. The molecular weight excluding hydrogens is 561 g/mol. The lowest BCUT2D eigenvalue weighted by atomic mass is 9.92. The second-order valence-corrected chi connectivity index (χ2v) is 9.88. The standard InChI is InChI=1S/C22H21Cl3F6N2O3/c1-19(2,3)36-18(34)32-9-11-4-5-13(8-14(11)21(26,27)28)33-10-20(35,22(29,30)31)12-6-15(23)17(25)16(24)7-12/h4-8,33,35H,9-10H2,1-3H3,(H,32,34)/t20-/m0/s1. The maximum absolute atomic E-state index is 13.8. The van der Waals surface area contributed by atoms with Crippen LogP contribution in [0, 0.1) is 0 Å². The number of carbonyl (C=O) groups excluding carboxylic acids is 1. The van der Waals surface area contributed by atoms with E-state index in [0.29, 0.717) is 6.07 Å². The number of hydrogen-bond donors (Lipinski definition) is 3. The molecule has 0 saturated heterocycles. The van der Waals surface area contributed by atoms with E-state index in [1.165, 1.54) is 0 Å². The number of halogens is 9. The van der Waals surface area contributed by atoms with Crippen molar-refractivity contribution in [3.8, 4) is 0 Å². The summed E-state index contributed by atoms with van der Waals surface area (Å²) < 4.78 is 87.4. The largest absolute Gasteiger partial charge is 0.444 e. The van der Waals surface area contributed by atoms with Gasteiger partial charge in [-0.15, -0.1) is 0 Å². The number of benzene rings is 2. The third-order valence-electron chi connectivity index (χ3n) is 4.72. The summed E-state index contributed by atoms with van der Waals surface area (Å²) in [6.45, 7) is 2.88. The number of anilines is 1. The number of aliphatic hydroxyl groups is 1. The number of alkyl halides is 6. The van der Waals surface area contributed by atoms with Crippen LogP contribution in [0.1, 0.15) is 37.5 Å². The van der Waals surface area contributed by atoms with E-state index in [9.17, 15) is 36.2 Å². The molecule has 3 N–H and O–H groups in total. The Morgan fingerprint density at radius 2 is 1.53 bits per heavy atom. The first-order valence-electron chi connectivity index (χ1n) is 10.1. The number of nitrogens with one attached hydrogen (secondary N) is 2. The molecule has 0 aliphatic rings. The Kier molecular flexibility index (Phi) is 8.98. The molecule has 1 atom stereocenters. The molecule has 14 heteroatoms. The SMILES string of the molecule is CC(C)(C)OC(=O)NCc1ccc(NC[C@](O)(c2cc(Cl)c(Cl)c(Cl)c2)C(F)(F)F)cc1C(F)(F)F. The zero-order valence-corrected chi connectivity index (χ0v) is 21.2. The Morgan fingerprint density at radius 1 is 0.972 bits per heavy atom. The number of amides is 1. The molecule has 0 fully saturated rings. The molecule has 0 heterocycles. The minimum atomic E-state index is -5.27. The molecule has 0 spiro atoms. The van der Waals surface area contributed by atoms with Crippen LogP contribution in [0.5, 0.6) is 0 Å². The van der Waals surface area contributed by atoms with Crippen LogP contribution in [0.25, 0.3) is 0 Å². The summed E-state index contributed by atoms with van der Waals surface area (Å²) in [5.41, 5.74) is -7.18.